The molecule has 1 heterocycles. The topological polar surface area (TPSA) is 73.2 Å². The summed E-state index contributed by atoms with van der Waals surface area (Å²) in [5.74, 6) is 0.879. The number of carbonyl (C=O) groups excluding carboxylic acids is 1. The molecule has 0 aliphatic heterocycles. The van der Waals surface area contributed by atoms with Crippen LogP contribution in [0.2, 0.25) is 0 Å². The number of carbonyl (C=O) groups is 1. The molecule has 0 unspecified atom stereocenters. The van der Waals surface area contributed by atoms with Crippen LogP contribution in [0.4, 0.5) is 0 Å². The van der Waals surface area contributed by atoms with E-state index in [1.54, 1.807) is 13.2 Å². The van der Waals surface area contributed by atoms with Gasteiger partial charge in [-0.1, -0.05) is 13.8 Å². The molecule has 2 rings (SSSR count). The number of nitrogens with one attached hydrogen (secondary N) is 1. The van der Waals surface area contributed by atoms with Gasteiger partial charge in [0.2, 0.25) is 5.91 Å². The Balaban J connectivity index is 2.18. The minimum absolute atomic E-state index is 0.0877. The Bertz CT molecular complexity index is 721. The molecule has 1 amide bonds. The van der Waals surface area contributed by atoms with Crippen molar-refractivity contribution in [3.8, 4) is 17.0 Å². The lowest BCUT2D eigenvalue weighted by Crippen LogP contribution is -2.35. The smallest absolute Gasteiger partial charge is 0.267 e. The largest absolute Gasteiger partial charge is 0.497 e. The van der Waals surface area contributed by atoms with E-state index >= 15 is 0 Å². The van der Waals surface area contributed by atoms with Crippen molar-refractivity contribution in [2.75, 3.05) is 13.7 Å². The van der Waals surface area contributed by atoms with E-state index in [0.717, 1.165) is 11.3 Å². The third-order valence-corrected chi connectivity index (χ3v) is 3.25. The molecular formula is C17H21N3O3. The molecule has 1 aromatic heterocycles. The SMILES string of the molecule is COc1ccc(-c2ccc(=O)n(CC(=O)NCC(C)C)n2)cc1. The molecule has 1 aromatic carbocycles. The zero-order valence-electron chi connectivity index (χ0n) is 13.6. The lowest BCUT2D eigenvalue weighted by molar-refractivity contribution is -0.122. The molecule has 0 radical (unpaired) electrons. The quantitative estimate of drug-likeness (QED) is 0.880. The molecular weight excluding hydrogens is 294 g/mol. The first kappa shape index (κ1) is 16.7. The second kappa shape index (κ2) is 7.58. The van der Waals surface area contributed by atoms with Gasteiger partial charge in [0.1, 0.15) is 12.3 Å². The molecule has 0 aliphatic carbocycles. The maximum atomic E-state index is 11.9. The van der Waals surface area contributed by atoms with Gasteiger partial charge >= 0.3 is 0 Å². The number of hydrogen-bond donors (Lipinski definition) is 1. The number of hydrogen-bond acceptors (Lipinski definition) is 4. The minimum Gasteiger partial charge on any atom is -0.497 e. The fraction of sp³-hybridized carbons (Fsp3) is 0.353. The summed E-state index contributed by atoms with van der Waals surface area (Å²) in [6.45, 7) is 4.51. The van der Waals surface area contributed by atoms with Gasteiger partial charge in [-0.25, -0.2) is 4.68 Å². The first-order chi connectivity index (χ1) is 11.0. The van der Waals surface area contributed by atoms with Crippen LogP contribution in [0.5, 0.6) is 5.75 Å². The summed E-state index contributed by atoms with van der Waals surface area (Å²) >= 11 is 0. The van der Waals surface area contributed by atoms with Gasteiger partial charge in [-0.05, 0) is 36.2 Å². The summed E-state index contributed by atoms with van der Waals surface area (Å²) in [7, 11) is 1.60. The second-order valence-electron chi connectivity index (χ2n) is 5.64. The Morgan fingerprint density at radius 2 is 1.91 bits per heavy atom. The number of amides is 1. The predicted molar refractivity (Wildman–Crippen MR) is 88.3 cm³/mol. The van der Waals surface area contributed by atoms with Crippen LogP contribution in [0, 0.1) is 5.92 Å². The third kappa shape index (κ3) is 4.67. The fourth-order valence-electron chi connectivity index (χ4n) is 1.99. The predicted octanol–water partition coefficient (Wildman–Crippen LogP) is 1.69. The number of benzene rings is 1. The van der Waals surface area contributed by atoms with Crippen molar-refractivity contribution in [1.29, 1.82) is 0 Å². The van der Waals surface area contributed by atoms with Crippen molar-refractivity contribution in [3.05, 3.63) is 46.8 Å². The van der Waals surface area contributed by atoms with Crippen molar-refractivity contribution in [1.82, 2.24) is 15.1 Å². The van der Waals surface area contributed by atoms with Gasteiger partial charge < -0.3 is 10.1 Å². The number of methoxy groups -OCH3 is 1. The number of ether oxygens (including phenoxy) is 1. The van der Waals surface area contributed by atoms with Crippen LogP contribution in [0.3, 0.4) is 0 Å². The fourth-order valence-corrected chi connectivity index (χ4v) is 1.99. The first-order valence-electron chi connectivity index (χ1n) is 7.49. The van der Waals surface area contributed by atoms with Gasteiger partial charge in [-0.3, -0.25) is 9.59 Å². The van der Waals surface area contributed by atoms with Gasteiger partial charge in [0.25, 0.3) is 5.56 Å². The molecule has 0 bridgehead atoms. The second-order valence-corrected chi connectivity index (χ2v) is 5.64. The molecule has 23 heavy (non-hydrogen) atoms. The summed E-state index contributed by atoms with van der Waals surface area (Å²) in [5, 5.41) is 7.04. The molecule has 0 fully saturated rings. The van der Waals surface area contributed by atoms with Crippen LogP contribution in [-0.4, -0.2) is 29.3 Å². The average Bonchev–Trinajstić information content (AvgIpc) is 2.55. The van der Waals surface area contributed by atoms with Crippen LogP contribution in [0.1, 0.15) is 13.8 Å². The van der Waals surface area contributed by atoms with Gasteiger partial charge in [0.15, 0.2) is 0 Å². The maximum absolute atomic E-state index is 11.9. The molecule has 1 N–H and O–H groups in total. The molecule has 0 aliphatic rings. The number of aromatic nitrogens is 2. The highest BCUT2D eigenvalue weighted by Gasteiger charge is 2.08. The summed E-state index contributed by atoms with van der Waals surface area (Å²) in [5.41, 5.74) is 1.17. The van der Waals surface area contributed by atoms with Gasteiger partial charge in [0.05, 0.1) is 12.8 Å². The minimum atomic E-state index is -0.304. The van der Waals surface area contributed by atoms with Crippen molar-refractivity contribution in [3.63, 3.8) is 0 Å². The highest BCUT2D eigenvalue weighted by Crippen LogP contribution is 2.19. The molecule has 0 atom stereocenters. The molecule has 122 valence electrons. The highest BCUT2D eigenvalue weighted by molar-refractivity contribution is 5.75. The number of nitrogens with zero attached hydrogens (tertiary/aromatic N) is 2. The summed E-state index contributed by atoms with van der Waals surface area (Å²) in [4.78, 5) is 23.8. The van der Waals surface area contributed by atoms with E-state index in [1.807, 2.05) is 38.1 Å². The van der Waals surface area contributed by atoms with E-state index in [1.165, 1.54) is 10.7 Å². The van der Waals surface area contributed by atoms with Crippen molar-refractivity contribution in [2.24, 2.45) is 5.92 Å². The summed E-state index contributed by atoms with van der Waals surface area (Å²) < 4.78 is 6.29. The van der Waals surface area contributed by atoms with E-state index in [-0.39, 0.29) is 18.0 Å². The zero-order chi connectivity index (χ0) is 16.8. The average molecular weight is 315 g/mol. The third-order valence-electron chi connectivity index (χ3n) is 3.25. The summed E-state index contributed by atoms with van der Waals surface area (Å²) in [6, 6.07) is 10.4. The molecule has 2 aromatic rings. The maximum Gasteiger partial charge on any atom is 0.267 e. The van der Waals surface area contributed by atoms with Gasteiger partial charge in [-0.2, -0.15) is 5.10 Å². The highest BCUT2D eigenvalue weighted by atomic mass is 16.5. The van der Waals surface area contributed by atoms with Crippen molar-refractivity contribution in [2.45, 2.75) is 20.4 Å². The molecule has 0 saturated carbocycles. The first-order valence-corrected chi connectivity index (χ1v) is 7.49. The molecule has 6 heteroatoms. The van der Waals surface area contributed by atoms with Gasteiger partial charge in [-0.15, -0.1) is 0 Å². The Hall–Kier alpha value is -2.63. The van der Waals surface area contributed by atoms with Gasteiger partial charge in [0, 0.05) is 18.2 Å². The Labute approximate surface area is 135 Å². The van der Waals surface area contributed by atoms with Crippen LogP contribution >= 0.6 is 0 Å². The Kier molecular flexibility index (Phi) is 5.51. The van der Waals surface area contributed by atoms with Crippen molar-refractivity contribution < 1.29 is 9.53 Å². The van der Waals surface area contributed by atoms with Crippen LogP contribution < -0.4 is 15.6 Å². The van der Waals surface area contributed by atoms with Crippen molar-refractivity contribution >= 4 is 5.91 Å². The zero-order valence-corrected chi connectivity index (χ0v) is 13.6. The van der Waals surface area contributed by atoms with Crippen LogP contribution in [-0.2, 0) is 11.3 Å². The van der Waals surface area contributed by atoms with E-state index in [4.69, 9.17) is 4.74 Å². The number of rotatable bonds is 6. The van der Waals surface area contributed by atoms with E-state index in [9.17, 15) is 9.59 Å². The molecule has 0 spiro atoms. The monoisotopic (exact) mass is 315 g/mol. The van der Waals surface area contributed by atoms with E-state index < -0.39 is 0 Å². The van der Waals surface area contributed by atoms with Crippen LogP contribution in [0.15, 0.2) is 41.2 Å². The summed E-state index contributed by atoms with van der Waals surface area (Å²) in [6.07, 6.45) is 0. The molecule has 6 nitrogen and oxygen atoms in total. The van der Waals surface area contributed by atoms with E-state index in [0.29, 0.717) is 18.2 Å². The lowest BCUT2D eigenvalue weighted by Gasteiger charge is -2.10. The Morgan fingerprint density at radius 3 is 2.52 bits per heavy atom. The normalized spacial score (nSPS) is 10.6. The van der Waals surface area contributed by atoms with E-state index in [2.05, 4.69) is 10.4 Å². The van der Waals surface area contributed by atoms with Crippen LogP contribution in [0.25, 0.3) is 11.3 Å². The standard InChI is InChI=1S/C17H21N3O3/c1-12(2)10-18-16(21)11-20-17(22)9-8-15(19-20)13-4-6-14(23-3)7-5-13/h4-9,12H,10-11H2,1-3H3,(H,18,21). The Morgan fingerprint density at radius 1 is 1.22 bits per heavy atom. The molecule has 0 saturated heterocycles. The lowest BCUT2D eigenvalue weighted by atomic mass is 10.1.